The highest BCUT2D eigenvalue weighted by atomic mass is 14.9. The first-order valence-corrected chi connectivity index (χ1v) is 15.7. The molecule has 0 aliphatic heterocycles. The van der Waals surface area contributed by atoms with E-state index >= 15 is 0 Å². The Morgan fingerprint density at radius 1 is 0.304 bits per heavy atom. The minimum absolute atomic E-state index is 1.06. The van der Waals surface area contributed by atoms with Crippen LogP contribution in [0.4, 0.5) is 22.7 Å². The Hall–Kier alpha value is -6.12. The molecule has 46 heavy (non-hydrogen) atoms. The van der Waals surface area contributed by atoms with Gasteiger partial charge in [0.2, 0.25) is 0 Å². The van der Waals surface area contributed by atoms with Crippen LogP contribution in [0.3, 0.4) is 0 Å². The van der Waals surface area contributed by atoms with Crippen LogP contribution in [0, 0.1) is 0 Å². The van der Waals surface area contributed by atoms with Crippen LogP contribution in [-0.2, 0) is 0 Å². The van der Waals surface area contributed by atoms with E-state index in [0.717, 1.165) is 39.4 Å². The monoisotopic (exact) mass is 588 g/mol. The first-order valence-electron chi connectivity index (χ1n) is 15.7. The summed E-state index contributed by atoms with van der Waals surface area (Å²) in [6.07, 6.45) is 0. The van der Waals surface area contributed by atoms with Gasteiger partial charge in [-0.25, -0.2) is 0 Å². The molecular formula is C44H32N2. The highest BCUT2D eigenvalue weighted by molar-refractivity contribution is 6.21. The van der Waals surface area contributed by atoms with Gasteiger partial charge in [-0.3, -0.25) is 0 Å². The van der Waals surface area contributed by atoms with Crippen molar-refractivity contribution in [2.75, 3.05) is 10.6 Å². The average Bonchev–Trinajstić information content (AvgIpc) is 3.13. The van der Waals surface area contributed by atoms with E-state index in [4.69, 9.17) is 0 Å². The van der Waals surface area contributed by atoms with Crippen molar-refractivity contribution in [3.05, 3.63) is 182 Å². The molecule has 0 aromatic heterocycles. The Bertz CT molecular complexity index is 2240. The van der Waals surface area contributed by atoms with Crippen molar-refractivity contribution < 1.29 is 0 Å². The van der Waals surface area contributed by atoms with Crippen LogP contribution < -0.4 is 10.6 Å². The van der Waals surface area contributed by atoms with Crippen LogP contribution in [0.5, 0.6) is 0 Å². The molecule has 0 radical (unpaired) electrons. The Morgan fingerprint density at radius 3 is 1.46 bits per heavy atom. The topological polar surface area (TPSA) is 24.1 Å². The number of anilines is 4. The molecule has 8 aromatic rings. The van der Waals surface area contributed by atoms with Gasteiger partial charge < -0.3 is 10.6 Å². The Labute approximate surface area is 269 Å². The maximum absolute atomic E-state index is 3.93. The fraction of sp³-hybridized carbons (Fsp3) is 0. The summed E-state index contributed by atoms with van der Waals surface area (Å²) in [4.78, 5) is 0. The normalized spacial score (nSPS) is 11.0. The second kappa shape index (κ2) is 12.1. The lowest BCUT2D eigenvalue weighted by molar-refractivity contribution is 1.51. The summed E-state index contributed by atoms with van der Waals surface area (Å²) in [6.45, 7) is 0. The number of hydrogen-bond acceptors (Lipinski definition) is 2. The highest BCUT2D eigenvalue weighted by Crippen LogP contribution is 2.44. The Balaban J connectivity index is 1.28. The number of hydrogen-bond donors (Lipinski definition) is 2. The van der Waals surface area contributed by atoms with Gasteiger partial charge in [-0.15, -0.1) is 0 Å². The van der Waals surface area contributed by atoms with Crippen molar-refractivity contribution in [1.82, 2.24) is 0 Å². The lowest BCUT2D eigenvalue weighted by Gasteiger charge is -2.20. The zero-order valence-electron chi connectivity index (χ0n) is 25.3. The number of fused-ring (bicyclic) bond motifs is 2. The number of rotatable bonds is 7. The maximum atomic E-state index is 3.93. The van der Waals surface area contributed by atoms with Crippen LogP contribution >= 0.6 is 0 Å². The zero-order valence-corrected chi connectivity index (χ0v) is 25.3. The quantitative estimate of drug-likeness (QED) is 0.181. The van der Waals surface area contributed by atoms with Crippen molar-refractivity contribution in [3.8, 4) is 33.4 Å². The molecule has 0 aliphatic rings. The predicted octanol–water partition coefficient (Wildman–Crippen LogP) is 12.5. The van der Waals surface area contributed by atoms with Crippen LogP contribution in [0.2, 0.25) is 0 Å². The van der Waals surface area contributed by atoms with Gasteiger partial charge in [0, 0.05) is 39.0 Å². The molecule has 0 heterocycles. The first kappa shape index (κ1) is 27.4. The van der Waals surface area contributed by atoms with E-state index in [1.807, 2.05) is 6.07 Å². The summed E-state index contributed by atoms with van der Waals surface area (Å²) in [5.74, 6) is 0. The van der Waals surface area contributed by atoms with E-state index in [0.29, 0.717) is 0 Å². The second-order valence-corrected chi connectivity index (χ2v) is 11.5. The van der Waals surface area contributed by atoms with Crippen molar-refractivity contribution in [1.29, 1.82) is 0 Å². The Kier molecular flexibility index (Phi) is 7.22. The summed E-state index contributed by atoms with van der Waals surface area (Å²) >= 11 is 0. The molecule has 2 N–H and O–H groups in total. The smallest absolute Gasteiger partial charge is 0.0544 e. The van der Waals surface area contributed by atoms with Gasteiger partial charge in [0.05, 0.1) is 5.69 Å². The third-order valence-corrected chi connectivity index (χ3v) is 8.65. The summed E-state index contributed by atoms with van der Waals surface area (Å²) in [7, 11) is 0. The van der Waals surface area contributed by atoms with Crippen LogP contribution in [0.15, 0.2) is 182 Å². The maximum Gasteiger partial charge on any atom is 0.0544 e. The van der Waals surface area contributed by atoms with Gasteiger partial charge in [0.1, 0.15) is 0 Å². The van der Waals surface area contributed by atoms with Gasteiger partial charge in [-0.1, -0.05) is 158 Å². The van der Waals surface area contributed by atoms with Gasteiger partial charge in [-0.2, -0.15) is 0 Å². The summed E-state index contributed by atoms with van der Waals surface area (Å²) in [5.41, 5.74) is 11.4. The first-order chi connectivity index (χ1) is 22.8. The standard InChI is InChI=1S/C44H32N2/c1-4-16-31(17-5-1)36-29-28-33(30-42(36)45-34-20-8-3-9-21-34)35-22-14-15-27-41(35)46-44-39-25-12-10-23-37(39)43(32-18-6-2-7-19-32)38-24-11-13-26-40(38)44/h1-30,45-46H. The molecule has 0 unspecified atom stereocenters. The largest absolute Gasteiger partial charge is 0.355 e. The van der Waals surface area contributed by atoms with Crippen molar-refractivity contribution in [2.45, 2.75) is 0 Å². The molecule has 2 nitrogen and oxygen atoms in total. The van der Waals surface area contributed by atoms with Crippen molar-refractivity contribution in [2.24, 2.45) is 0 Å². The van der Waals surface area contributed by atoms with Gasteiger partial charge in [-0.05, 0) is 57.3 Å². The van der Waals surface area contributed by atoms with E-state index < -0.39 is 0 Å². The molecule has 0 saturated carbocycles. The molecule has 0 amide bonds. The Morgan fingerprint density at radius 2 is 0.804 bits per heavy atom. The van der Waals surface area contributed by atoms with Crippen LogP contribution in [0.1, 0.15) is 0 Å². The third-order valence-electron chi connectivity index (χ3n) is 8.65. The summed E-state index contributed by atoms with van der Waals surface area (Å²) in [5, 5.41) is 12.5. The summed E-state index contributed by atoms with van der Waals surface area (Å²) in [6, 6.07) is 64.5. The molecule has 0 aliphatic carbocycles. The van der Waals surface area contributed by atoms with E-state index in [-0.39, 0.29) is 0 Å². The minimum atomic E-state index is 1.06. The lowest BCUT2D eigenvalue weighted by atomic mass is 9.90. The van der Waals surface area contributed by atoms with Gasteiger partial charge in [0.25, 0.3) is 0 Å². The molecule has 0 fully saturated rings. The van der Waals surface area contributed by atoms with Gasteiger partial charge >= 0.3 is 0 Å². The molecule has 0 bridgehead atoms. The molecular weight excluding hydrogens is 556 g/mol. The molecule has 0 spiro atoms. The van der Waals surface area contributed by atoms with Crippen molar-refractivity contribution >= 4 is 44.3 Å². The molecule has 218 valence electrons. The molecule has 0 saturated heterocycles. The average molecular weight is 589 g/mol. The number of benzene rings is 8. The minimum Gasteiger partial charge on any atom is -0.355 e. The van der Waals surface area contributed by atoms with Crippen LogP contribution in [-0.4, -0.2) is 0 Å². The summed E-state index contributed by atoms with van der Waals surface area (Å²) < 4.78 is 0. The zero-order chi connectivity index (χ0) is 30.7. The van der Waals surface area contributed by atoms with Crippen LogP contribution in [0.25, 0.3) is 54.9 Å². The van der Waals surface area contributed by atoms with E-state index in [2.05, 4.69) is 187 Å². The molecule has 2 heteroatoms. The SMILES string of the molecule is c1ccc(Nc2cc(-c3ccccc3Nc3c4ccccc4c(-c4ccccc4)c4ccccc34)ccc2-c2ccccc2)cc1. The molecule has 8 aromatic carbocycles. The fourth-order valence-electron chi connectivity index (χ4n) is 6.52. The van der Waals surface area contributed by atoms with E-state index in [9.17, 15) is 0 Å². The number of nitrogens with one attached hydrogen (secondary N) is 2. The number of para-hydroxylation sites is 2. The molecule has 8 rings (SSSR count). The predicted molar refractivity (Wildman–Crippen MR) is 197 cm³/mol. The second-order valence-electron chi connectivity index (χ2n) is 11.5. The lowest BCUT2D eigenvalue weighted by Crippen LogP contribution is -1.98. The fourth-order valence-corrected chi connectivity index (χ4v) is 6.52. The van der Waals surface area contributed by atoms with E-state index in [1.54, 1.807) is 0 Å². The van der Waals surface area contributed by atoms with E-state index in [1.165, 1.54) is 38.2 Å². The van der Waals surface area contributed by atoms with Crippen molar-refractivity contribution in [3.63, 3.8) is 0 Å². The third kappa shape index (κ3) is 5.16. The van der Waals surface area contributed by atoms with Gasteiger partial charge in [0.15, 0.2) is 0 Å². The molecule has 0 atom stereocenters. The highest BCUT2D eigenvalue weighted by Gasteiger charge is 2.17.